The number of aromatic nitrogens is 3. The molecule has 25 heavy (non-hydrogen) atoms. The van der Waals surface area contributed by atoms with Gasteiger partial charge in [0, 0.05) is 16.8 Å². The highest BCUT2D eigenvalue weighted by molar-refractivity contribution is 6.31. The summed E-state index contributed by atoms with van der Waals surface area (Å²) in [7, 11) is 1.58. The van der Waals surface area contributed by atoms with E-state index >= 15 is 0 Å². The van der Waals surface area contributed by atoms with E-state index in [1.807, 2.05) is 44.2 Å². The van der Waals surface area contributed by atoms with E-state index < -0.39 is 0 Å². The van der Waals surface area contributed by atoms with Crippen LogP contribution in [-0.4, -0.2) is 22.3 Å². The summed E-state index contributed by atoms with van der Waals surface area (Å²) in [6, 6.07) is 11.6. The molecule has 0 atom stereocenters. The molecule has 2 aromatic carbocycles. The zero-order chi connectivity index (χ0) is 17.8. The molecule has 0 saturated carbocycles. The first-order chi connectivity index (χ1) is 12.1. The third-order valence-corrected chi connectivity index (χ3v) is 4.10. The lowest BCUT2D eigenvalue weighted by Gasteiger charge is -2.13. The highest BCUT2D eigenvalue weighted by atomic mass is 35.5. The number of ether oxygens (including phenoxy) is 1. The predicted octanol–water partition coefficient (Wildman–Crippen LogP) is 4.64. The summed E-state index contributed by atoms with van der Waals surface area (Å²) in [5.74, 6) is 1.56. The molecule has 6 nitrogen and oxygen atoms in total. The molecule has 0 amide bonds. The molecule has 3 aromatic rings. The van der Waals surface area contributed by atoms with Crippen LogP contribution in [0.15, 0.2) is 42.6 Å². The van der Waals surface area contributed by atoms with Gasteiger partial charge in [-0.2, -0.15) is 10.1 Å². The number of hydrogen-bond donors (Lipinski definition) is 2. The lowest BCUT2D eigenvalue weighted by Crippen LogP contribution is -2.04. The lowest BCUT2D eigenvalue weighted by atomic mass is 10.2. The molecular weight excluding hydrogens is 338 g/mol. The maximum Gasteiger partial charge on any atom is 0.249 e. The predicted molar refractivity (Wildman–Crippen MR) is 100 cm³/mol. The Kier molecular flexibility index (Phi) is 5.00. The molecule has 0 aliphatic carbocycles. The molecule has 3 rings (SSSR count). The Morgan fingerprint density at radius 2 is 1.80 bits per heavy atom. The molecule has 0 radical (unpaired) electrons. The average Bonchev–Trinajstić information content (AvgIpc) is 2.60. The third-order valence-electron chi connectivity index (χ3n) is 3.69. The molecule has 0 bridgehead atoms. The van der Waals surface area contributed by atoms with Crippen LogP contribution in [0.2, 0.25) is 5.02 Å². The molecule has 2 N–H and O–H groups in total. The van der Waals surface area contributed by atoms with Crippen LogP contribution in [0.3, 0.4) is 0 Å². The van der Waals surface area contributed by atoms with Gasteiger partial charge in [0.05, 0.1) is 19.0 Å². The molecule has 0 spiro atoms. The van der Waals surface area contributed by atoms with Crippen molar-refractivity contribution in [3.8, 4) is 5.75 Å². The molecule has 0 aliphatic heterocycles. The van der Waals surface area contributed by atoms with Gasteiger partial charge in [-0.15, -0.1) is 5.10 Å². The molecule has 1 aromatic heterocycles. The van der Waals surface area contributed by atoms with Gasteiger partial charge in [0.2, 0.25) is 5.95 Å². The van der Waals surface area contributed by atoms with Gasteiger partial charge in [0.25, 0.3) is 0 Å². The number of rotatable bonds is 5. The van der Waals surface area contributed by atoms with Crippen LogP contribution in [0.4, 0.5) is 23.1 Å². The quantitative estimate of drug-likeness (QED) is 0.694. The van der Waals surface area contributed by atoms with Gasteiger partial charge in [0.1, 0.15) is 5.75 Å². The fourth-order valence-corrected chi connectivity index (χ4v) is 2.47. The summed E-state index contributed by atoms with van der Waals surface area (Å²) >= 11 is 6.14. The van der Waals surface area contributed by atoms with Crippen LogP contribution < -0.4 is 15.4 Å². The standard InChI is InChI=1S/C18H18ClN5O/c1-11-6-4-5-7-14(11)21-17-10-20-24-18(23-17)22-15-8-12(2)13(19)9-16(15)25-3/h4-10H,1-3H3,(H2,21,22,23,24). The topological polar surface area (TPSA) is 72.0 Å². The highest BCUT2D eigenvalue weighted by Crippen LogP contribution is 2.32. The fourth-order valence-electron chi connectivity index (χ4n) is 2.32. The van der Waals surface area contributed by atoms with Gasteiger partial charge in [-0.3, -0.25) is 0 Å². The smallest absolute Gasteiger partial charge is 0.249 e. The zero-order valence-electron chi connectivity index (χ0n) is 14.2. The van der Waals surface area contributed by atoms with Crippen molar-refractivity contribution in [1.29, 1.82) is 0 Å². The van der Waals surface area contributed by atoms with Gasteiger partial charge in [-0.1, -0.05) is 29.8 Å². The first-order valence-electron chi connectivity index (χ1n) is 7.70. The maximum absolute atomic E-state index is 6.14. The second kappa shape index (κ2) is 7.36. The minimum Gasteiger partial charge on any atom is -0.495 e. The van der Waals surface area contributed by atoms with Crippen LogP contribution in [0.5, 0.6) is 5.75 Å². The second-order valence-corrected chi connectivity index (χ2v) is 5.94. The van der Waals surface area contributed by atoms with Crippen LogP contribution in [0.25, 0.3) is 0 Å². The molecular formula is C18H18ClN5O. The number of anilines is 4. The molecule has 0 saturated heterocycles. The van der Waals surface area contributed by atoms with Gasteiger partial charge in [-0.05, 0) is 37.1 Å². The number of nitrogens with zero attached hydrogens (tertiary/aromatic N) is 3. The van der Waals surface area contributed by atoms with Crippen molar-refractivity contribution in [2.75, 3.05) is 17.7 Å². The third kappa shape index (κ3) is 3.97. The molecule has 0 unspecified atom stereocenters. The number of benzene rings is 2. The van der Waals surface area contributed by atoms with E-state index in [0.717, 1.165) is 22.5 Å². The maximum atomic E-state index is 6.14. The number of para-hydroxylation sites is 1. The summed E-state index contributed by atoms with van der Waals surface area (Å²) < 4.78 is 5.36. The Labute approximate surface area is 151 Å². The van der Waals surface area contributed by atoms with Crippen molar-refractivity contribution in [3.05, 3.63) is 58.7 Å². The van der Waals surface area contributed by atoms with Crippen molar-refractivity contribution in [3.63, 3.8) is 0 Å². The van der Waals surface area contributed by atoms with E-state index in [4.69, 9.17) is 16.3 Å². The molecule has 0 fully saturated rings. The van der Waals surface area contributed by atoms with Crippen molar-refractivity contribution in [1.82, 2.24) is 15.2 Å². The number of halogens is 1. The minimum absolute atomic E-state index is 0.360. The number of hydrogen-bond acceptors (Lipinski definition) is 6. The van der Waals surface area contributed by atoms with E-state index in [1.165, 1.54) is 0 Å². The lowest BCUT2D eigenvalue weighted by molar-refractivity contribution is 0.416. The highest BCUT2D eigenvalue weighted by Gasteiger charge is 2.10. The van der Waals surface area contributed by atoms with Crippen LogP contribution >= 0.6 is 11.6 Å². The second-order valence-electron chi connectivity index (χ2n) is 5.53. The Balaban J connectivity index is 1.85. The van der Waals surface area contributed by atoms with Crippen molar-refractivity contribution < 1.29 is 4.74 Å². The Morgan fingerprint density at radius 1 is 1.00 bits per heavy atom. The van der Waals surface area contributed by atoms with Crippen LogP contribution in [0.1, 0.15) is 11.1 Å². The van der Waals surface area contributed by atoms with E-state index in [2.05, 4.69) is 25.8 Å². The van der Waals surface area contributed by atoms with Crippen molar-refractivity contribution >= 4 is 34.7 Å². The fraction of sp³-hybridized carbons (Fsp3) is 0.167. The normalized spacial score (nSPS) is 10.4. The Hall–Kier alpha value is -2.86. The first-order valence-corrected chi connectivity index (χ1v) is 8.08. The van der Waals surface area contributed by atoms with E-state index in [-0.39, 0.29) is 0 Å². The van der Waals surface area contributed by atoms with Gasteiger partial charge >= 0.3 is 0 Å². The number of methoxy groups -OCH3 is 1. The van der Waals surface area contributed by atoms with Gasteiger partial charge in [-0.25, -0.2) is 0 Å². The minimum atomic E-state index is 0.360. The summed E-state index contributed by atoms with van der Waals surface area (Å²) in [4.78, 5) is 4.45. The molecule has 0 aliphatic rings. The van der Waals surface area contributed by atoms with Crippen LogP contribution in [-0.2, 0) is 0 Å². The SMILES string of the molecule is COc1cc(Cl)c(C)cc1Nc1nncc(Nc2ccccc2C)n1. The number of aryl methyl sites for hydroxylation is 2. The monoisotopic (exact) mass is 355 g/mol. The van der Waals surface area contributed by atoms with Crippen LogP contribution in [0, 0.1) is 13.8 Å². The van der Waals surface area contributed by atoms with E-state index in [9.17, 15) is 0 Å². The van der Waals surface area contributed by atoms with E-state index in [1.54, 1.807) is 19.4 Å². The summed E-state index contributed by atoms with van der Waals surface area (Å²) in [6.45, 7) is 3.94. The first kappa shape index (κ1) is 17.0. The molecule has 7 heteroatoms. The van der Waals surface area contributed by atoms with Gasteiger partial charge < -0.3 is 15.4 Å². The van der Waals surface area contributed by atoms with E-state index in [0.29, 0.717) is 22.5 Å². The average molecular weight is 356 g/mol. The zero-order valence-corrected chi connectivity index (χ0v) is 14.9. The summed E-state index contributed by atoms with van der Waals surface area (Å²) in [5.41, 5.74) is 3.73. The Morgan fingerprint density at radius 3 is 2.56 bits per heavy atom. The number of nitrogens with one attached hydrogen (secondary N) is 2. The van der Waals surface area contributed by atoms with Crippen molar-refractivity contribution in [2.45, 2.75) is 13.8 Å². The summed E-state index contributed by atoms with van der Waals surface area (Å²) in [6.07, 6.45) is 1.57. The molecule has 1 heterocycles. The summed E-state index contributed by atoms with van der Waals surface area (Å²) in [5, 5.41) is 15.0. The molecule has 128 valence electrons. The largest absolute Gasteiger partial charge is 0.495 e. The van der Waals surface area contributed by atoms with Crippen molar-refractivity contribution in [2.24, 2.45) is 0 Å². The Bertz CT molecular complexity index is 900. The van der Waals surface area contributed by atoms with Gasteiger partial charge in [0.15, 0.2) is 5.82 Å².